The van der Waals surface area contributed by atoms with Crippen LogP contribution >= 0.6 is 11.8 Å². The molecule has 2 aromatic carbocycles. The second kappa shape index (κ2) is 9.88. The molecule has 0 spiro atoms. The van der Waals surface area contributed by atoms with Crippen molar-refractivity contribution in [3.63, 3.8) is 0 Å². The zero-order chi connectivity index (χ0) is 21.5. The third-order valence-corrected chi connectivity index (χ3v) is 5.17. The molecule has 0 fully saturated rings. The van der Waals surface area contributed by atoms with Gasteiger partial charge in [0.15, 0.2) is 11.0 Å². The molecule has 156 valence electrons. The van der Waals surface area contributed by atoms with Crippen LogP contribution in [-0.2, 0) is 18.4 Å². The minimum atomic E-state index is -0.406. The van der Waals surface area contributed by atoms with Crippen molar-refractivity contribution in [1.29, 1.82) is 0 Å². The van der Waals surface area contributed by atoms with Crippen LogP contribution in [0.4, 0.5) is 10.1 Å². The van der Waals surface area contributed by atoms with Crippen LogP contribution in [-0.4, -0.2) is 39.4 Å². The van der Waals surface area contributed by atoms with Crippen LogP contribution in [0.25, 0.3) is 0 Å². The van der Waals surface area contributed by atoms with Crippen molar-refractivity contribution in [2.45, 2.75) is 11.7 Å². The number of amides is 2. The Bertz CT molecular complexity index is 1040. The summed E-state index contributed by atoms with van der Waals surface area (Å²) in [6.07, 6.45) is 0. The average molecular weight is 429 g/mol. The fourth-order valence-corrected chi connectivity index (χ4v) is 3.28. The predicted octanol–water partition coefficient (Wildman–Crippen LogP) is 2.62. The quantitative estimate of drug-likeness (QED) is 0.534. The Morgan fingerprint density at radius 3 is 2.60 bits per heavy atom. The van der Waals surface area contributed by atoms with Gasteiger partial charge in [-0.25, -0.2) is 4.39 Å². The lowest BCUT2D eigenvalue weighted by molar-refractivity contribution is -0.113. The number of thioether (sulfide) groups is 1. The van der Waals surface area contributed by atoms with Gasteiger partial charge in [0.2, 0.25) is 5.91 Å². The summed E-state index contributed by atoms with van der Waals surface area (Å²) in [4.78, 5) is 24.4. The Hall–Kier alpha value is -3.40. The maximum absolute atomic E-state index is 13.0. The molecule has 30 heavy (non-hydrogen) atoms. The minimum absolute atomic E-state index is 0.131. The fourth-order valence-electron chi connectivity index (χ4n) is 2.55. The van der Waals surface area contributed by atoms with Crippen LogP contribution in [0.2, 0.25) is 0 Å². The Labute approximate surface area is 176 Å². The zero-order valence-corrected chi connectivity index (χ0v) is 17.2. The summed E-state index contributed by atoms with van der Waals surface area (Å²) in [5.74, 6) is 0.275. The van der Waals surface area contributed by atoms with Gasteiger partial charge in [0.05, 0.1) is 25.1 Å². The summed E-state index contributed by atoms with van der Waals surface area (Å²) in [6.45, 7) is 0.147. The van der Waals surface area contributed by atoms with E-state index in [4.69, 9.17) is 4.74 Å². The number of aromatic nitrogens is 3. The fraction of sp³-hybridized carbons (Fsp3) is 0.200. The highest BCUT2D eigenvalue weighted by atomic mass is 32.2. The number of para-hydroxylation sites is 2. The van der Waals surface area contributed by atoms with E-state index in [0.29, 0.717) is 28.0 Å². The van der Waals surface area contributed by atoms with Gasteiger partial charge in [0, 0.05) is 12.6 Å². The van der Waals surface area contributed by atoms with Gasteiger partial charge in [-0.2, -0.15) is 0 Å². The molecule has 2 amide bonds. The number of carbonyl (C=O) groups is 2. The average Bonchev–Trinajstić information content (AvgIpc) is 3.11. The first-order valence-electron chi connectivity index (χ1n) is 8.95. The van der Waals surface area contributed by atoms with Gasteiger partial charge in [-0.15, -0.1) is 10.2 Å². The van der Waals surface area contributed by atoms with E-state index in [-0.39, 0.29) is 24.1 Å². The minimum Gasteiger partial charge on any atom is -0.495 e. The molecule has 0 atom stereocenters. The number of benzene rings is 2. The van der Waals surface area contributed by atoms with Crippen LogP contribution < -0.4 is 15.4 Å². The van der Waals surface area contributed by atoms with Crippen LogP contribution in [0.15, 0.2) is 53.7 Å². The molecule has 0 unspecified atom stereocenters. The Kier molecular flexibility index (Phi) is 7.02. The topological polar surface area (TPSA) is 98.1 Å². The highest BCUT2D eigenvalue weighted by Crippen LogP contribution is 2.24. The molecule has 2 N–H and O–H groups in total. The largest absolute Gasteiger partial charge is 0.495 e. The smallest absolute Gasteiger partial charge is 0.251 e. The van der Waals surface area contributed by atoms with Crippen LogP contribution in [0.5, 0.6) is 5.75 Å². The van der Waals surface area contributed by atoms with Crippen molar-refractivity contribution < 1.29 is 18.7 Å². The summed E-state index contributed by atoms with van der Waals surface area (Å²) in [5, 5.41) is 14.2. The Morgan fingerprint density at radius 2 is 1.87 bits per heavy atom. The second-order valence-corrected chi connectivity index (χ2v) is 7.13. The molecule has 0 aliphatic heterocycles. The van der Waals surface area contributed by atoms with Crippen molar-refractivity contribution in [1.82, 2.24) is 20.1 Å². The number of rotatable bonds is 8. The van der Waals surface area contributed by atoms with Crippen molar-refractivity contribution >= 4 is 29.3 Å². The third kappa shape index (κ3) is 5.35. The number of halogens is 1. The number of hydrogen-bond acceptors (Lipinski definition) is 6. The van der Waals surface area contributed by atoms with Gasteiger partial charge in [-0.1, -0.05) is 23.9 Å². The molecular weight excluding hydrogens is 409 g/mol. The van der Waals surface area contributed by atoms with Crippen LogP contribution in [0.3, 0.4) is 0 Å². The number of anilines is 1. The van der Waals surface area contributed by atoms with E-state index >= 15 is 0 Å². The number of hydrogen-bond donors (Lipinski definition) is 2. The van der Waals surface area contributed by atoms with E-state index in [9.17, 15) is 14.0 Å². The van der Waals surface area contributed by atoms with Gasteiger partial charge in [0.1, 0.15) is 11.6 Å². The second-order valence-electron chi connectivity index (χ2n) is 6.18. The van der Waals surface area contributed by atoms with Crippen molar-refractivity contribution in [2.75, 3.05) is 18.2 Å². The van der Waals surface area contributed by atoms with Gasteiger partial charge in [0.25, 0.3) is 5.91 Å². The van der Waals surface area contributed by atoms with Crippen LogP contribution in [0.1, 0.15) is 16.2 Å². The van der Waals surface area contributed by atoms with Crippen molar-refractivity contribution in [2.24, 2.45) is 7.05 Å². The summed E-state index contributed by atoms with van der Waals surface area (Å²) >= 11 is 1.22. The summed E-state index contributed by atoms with van der Waals surface area (Å²) in [5.41, 5.74) is 0.939. The summed E-state index contributed by atoms with van der Waals surface area (Å²) in [7, 11) is 3.29. The Balaban J connectivity index is 1.53. The number of nitrogens with one attached hydrogen (secondary N) is 2. The van der Waals surface area contributed by atoms with Gasteiger partial charge in [-0.05, 0) is 36.4 Å². The molecule has 0 bridgehead atoms. The molecule has 3 rings (SSSR count). The molecule has 0 radical (unpaired) electrons. The standard InChI is InChI=1S/C20H20FN5O3S/c1-26-17(11-22-19(28)13-7-9-14(21)10-8-13)24-25-20(26)30-12-18(27)23-15-5-3-4-6-16(15)29-2/h3-10H,11-12H2,1-2H3,(H,22,28)(H,23,27). The number of methoxy groups -OCH3 is 1. The number of ether oxygens (including phenoxy) is 1. The lowest BCUT2D eigenvalue weighted by Crippen LogP contribution is -2.24. The highest BCUT2D eigenvalue weighted by Gasteiger charge is 2.14. The summed E-state index contributed by atoms with van der Waals surface area (Å²) in [6, 6.07) is 12.4. The first-order valence-corrected chi connectivity index (χ1v) is 9.94. The maximum atomic E-state index is 13.0. The molecule has 10 heteroatoms. The molecule has 0 saturated heterocycles. The Morgan fingerprint density at radius 1 is 1.13 bits per heavy atom. The monoisotopic (exact) mass is 429 g/mol. The maximum Gasteiger partial charge on any atom is 0.251 e. The van der Waals surface area contributed by atoms with E-state index in [1.807, 2.05) is 6.07 Å². The van der Waals surface area contributed by atoms with Gasteiger partial charge >= 0.3 is 0 Å². The third-order valence-electron chi connectivity index (χ3n) is 4.15. The van der Waals surface area contributed by atoms with E-state index < -0.39 is 5.82 Å². The number of carbonyl (C=O) groups excluding carboxylic acids is 2. The van der Waals surface area contributed by atoms with E-state index in [1.165, 1.54) is 43.1 Å². The van der Waals surface area contributed by atoms with Crippen molar-refractivity contribution in [3.05, 3.63) is 65.7 Å². The summed E-state index contributed by atoms with van der Waals surface area (Å²) < 4.78 is 19.9. The SMILES string of the molecule is COc1ccccc1NC(=O)CSc1nnc(CNC(=O)c2ccc(F)cc2)n1C. The highest BCUT2D eigenvalue weighted by molar-refractivity contribution is 7.99. The van der Waals surface area contributed by atoms with Crippen molar-refractivity contribution in [3.8, 4) is 5.75 Å². The molecule has 0 aliphatic rings. The zero-order valence-electron chi connectivity index (χ0n) is 16.4. The first kappa shape index (κ1) is 21.3. The van der Waals surface area contributed by atoms with Crippen LogP contribution in [0, 0.1) is 5.82 Å². The molecule has 1 heterocycles. The number of nitrogens with zero attached hydrogens (tertiary/aromatic N) is 3. The van der Waals surface area contributed by atoms with E-state index in [1.54, 1.807) is 29.8 Å². The molecule has 1 aromatic heterocycles. The molecule has 3 aromatic rings. The van der Waals surface area contributed by atoms with E-state index in [2.05, 4.69) is 20.8 Å². The molecular formula is C20H20FN5O3S. The van der Waals surface area contributed by atoms with E-state index in [0.717, 1.165) is 0 Å². The molecule has 0 aliphatic carbocycles. The molecule has 0 saturated carbocycles. The lowest BCUT2D eigenvalue weighted by atomic mass is 10.2. The molecule has 8 nitrogen and oxygen atoms in total. The van der Waals surface area contributed by atoms with Gasteiger partial charge in [-0.3, -0.25) is 9.59 Å². The van der Waals surface area contributed by atoms with Gasteiger partial charge < -0.3 is 19.9 Å². The first-order chi connectivity index (χ1) is 14.5. The lowest BCUT2D eigenvalue weighted by Gasteiger charge is -2.09. The predicted molar refractivity (Wildman–Crippen MR) is 111 cm³/mol. The normalized spacial score (nSPS) is 10.5.